The lowest BCUT2D eigenvalue weighted by molar-refractivity contribution is 1.40. The molecule has 23 heavy (non-hydrogen) atoms. The highest BCUT2D eigenvalue weighted by molar-refractivity contribution is 7.99. The summed E-state index contributed by atoms with van der Waals surface area (Å²) in [5, 5.41) is 23.0. The van der Waals surface area contributed by atoms with Crippen LogP contribution >= 0.6 is 36.2 Å². The van der Waals surface area contributed by atoms with Crippen LogP contribution in [0.15, 0.2) is 58.3 Å². The molecule has 2 rings (SSSR count). The van der Waals surface area contributed by atoms with Gasteiger partial charge in [-0.3, -0.25) is 0 Å². The van der Waals surface area contributed by atoms with Crippen LogP contribution in [-0.2, 0) is 0 Å². The first-order valence-corrected chi connectivity index (χ1v) is 8.04. The van der Waals surface area contributed by atoms with E-state index in [1.165, 1.54) is 0 Å². The summed E-state index contributed by atoms with van der Waals surface area (Å²) in [4.78, 5) is 2.41. The maximum Gasteiger partial charge on any atom is 0.182 e. The average Bonchev–Trinajstić information content (AvgIpc) is 2.58. The lowest BCUT2D eigenvalue weighted by atomic mass is 10.3. The van der Waals surface area contributed by atoms with Gasteiger partial charge in [0.15, 0.2) is 9.98 Å². The Kier molecular flexibility index (Phi) is 6.07. The summed E-state index contributed by atoms with van der Waals surface area (Å²) in [6, 6.07) is 19.0. The molecule has 0 aliphatic carbocycles. The first-order valence-electron chi connectivity index (χ1n) is 6.41. The standard InChI is InChI=1S/C16H10N4S3/c17-9-15(21)19-11-1-5-13(6-2-11)23-14-7-3-12(4-8-14)20-16(22)10-18/h1-8H,(H,19,21)(H,20,22). The van der Waals surface area contributed by atoms with Crippen molar-refractivity contribution in [1.82, 2.24) is 0 Å². The van der Waals surface area contributed by atoms with Gasteiger partial charge < -0.3 is 10.6 Å². The minimum absolute atomic E-state index is 0.142. The predicted octanol–water partition coefficient (Wildman–Crippen LogP) is 4.36. The summed E-state index contributed by atoms with van der Waals surface area (Å²) in [7, 11) is 0. The molecule has 0 bridgehead atoms. The first kappa shape index (κ1) is 16.9. The van der Waals surface area contributed by atoms with Crippen molar-refractivity contribution < 1.29 is 0 Å². The normalized spacial score (nSPS) is 9.30. The van der Waals surface area contributed by atoms with Gasteiger partial charge in [0.1, 0.15) is 12.1 Å². The van der Waals surface area contributed by atoms with Gasteiger partial charge in [0.25, 0.3) is 0 Å². The Morgan fingerprint density at radius 2 is 1.09 bits per heavy atom. The van der Waals surface area contributed by atoms with Gasteiger partial charge in [-0.15, -0.1) is 0 Å². The summed E-state index contributed by atoms with van der Waals surface area (Å²) in [5.41, 5.74) is 1.57. The van der Waals surface area contributed by atoms with E-state index in [2.05, 4.69) is 10.6 Å². The molecule has 0 atom stereocenters. The summed E-state index contributed by atoms with van der Waals surface area (Å²) < 4.78 is 0. The SMILES string of the molecule is N#CC(=S)Nc1ccc(Sc2ccc(NC(=S)C#N)cc2)cc1. The van der Waals surface area contributed by atoms with Crippen molar-refractivity contribution in [2.45, 2.75) is 9.79 Å². The van der Waals surface area contributed by atoms with Crippen molar-refractivity contribution in [2.75, 3.05) is 10.6 Å². The van der Waals surface area contributed by atoms with E-state index < -0.39 is 0 Å². The molecular weight excluding hydrogens is 344 g/mol. The van der Waals surface area contributed by atoms with Crippen molar-refractivity contribution in [3.63, 3.8) is 0 Å². The lowest BCUT2D eigenvalue weighted by Crippen LogP contribution is -2.05. The molecule has 0 aliphatic rings. The third kappa shape index (κ3) is 5.35. The number of rotatable bonds is 4. The Morgan fingerprint density at radius 3 is 1.39 bits per heavy atom. The highest BCUT2D eigenvalue weighted by atomic mass is 32.2. The molecule has 0 saturated carbocycles. The van der Waals surface area contributed by atoms with Crippen LogP contribution in [0.4, 0.5) is 11.4 Å². The Bertz CT molecular complexity index is 730. The second kappa shape index (κ2) is 8.25. The fraction of sp³-hybridized carbons (Fsp3) is 0. The highest BCUT2D eigenvalue weighted by Crippen LogP contribution is 2.29. The van der Waals surface area contributed by atoms with Crippen LogP contribution in [0.2, 0.25) is 0 Å². The number of hydrogen-bond acceptors (Lipinski definition) is 5. The molecule has 0 spiro atoms. The van der Waals surface area contributed by atoms with Crippen molar-refractivity contribution >= 4 is 57.5 Å². The number of thiocarbonyl (C=S) groups is 2. The zero-order chi connectivity index (χ0) is 16.7. The number of nitrogens with zero attached hydrogens (tertiary/aromatic N) is 2. The molecule has 0 aromatic heterocycles. The van der Waals surface area contributed by atoms with Gasteiger partial charge in [-0.25, -0.2) is 0 Å². The van der Waals surface area contributed by atoms with Gasteiger partial charge in [0.2, 0.25) is 0 Å². The fourth-order valence-electron chi connectivity index (χ4n) is 1.67. The molecule has 2 N–H and O–H groups in total. The smallest absolute Gasteiger partial charge is 0.182 e. The van der Waals surface area contributed by atoms with E-state index in [1.807, 2.05) is 60.7 Å². The predicted molar refractivity (Wildman–Crippen MR) is 101 cm³/mol. The van der Waals surface area contributed by atoms with E-state index in [0.29, 0.717) is 0 Å². The van der Waals surface area contributed by atoms with Crippen LogP contribution in [-0.4, -0.2) is 9.98 Å². The quantitative estimate of drug-likeness (QED) is 0.790. The highest BCUT2D eigenvalue weighted by Gasteiger charge is 2.01. The van der Waals surface area contributed by atoms with E-state index in [0.717, 1.165) is 21.2 Å². The molecule has 7 heteroatoms. The van der Waals surface area contributed by atoms with E-state index >= 15 is 0 Å². The number of benzene rings is 2. The van der Waals surface area contributed by atoms with Gasteiger partial charge >= 0.3 is 0 Å². The van der Waals surface area contributed by atoms with Gasteiger partial charge in [-0.1, -0.05) is 11.8 Å². The van der Waals surface area contributed by atoms with Crippen LogP contribution in [0.5, 0.6) is 0 Å². The number of nitrogens with one attached hydrogen (secondary N) is 2. The van der Waals surface area contributed by atoms with Crippen molar-refractivity contribution in [3.05, 3.63) is 48.5 Å². The Hall–Kier alpha value is -2.45. The molecular formula is C16H10N4S3. The largest absolute Gasteiger partial charge is 0.338 e. The van der Waals surface area contributed by atoms with E-state index in [4.69, 9.17) is 35.0 Å². The number of nitriles is 2. The zero-order valence-electron chi connectivity index (χ0n) is 11.7. The first-order chi connectivity index (χ1) is 11.1. The molecule has 0 unspecified atom stereocenters. The van der Waals surface area contributed by atoms with Crippen LogP contribution in [0.1, 0.15) is 0 Å². The summed E-state index contributed by atoms with van der Waals surface area (Å²) in [6.45, 7) is 0. The fourth-order valence-corrected chi connectivity index (χ4v) is 2.72. The van der Waals surface area contributed by atoms with Crippen LogP contribution in [0, 0.1) is 22.7 Å². The molecule has 0 heterocycles. The molecule has 0 fully saturated rings. The lowest BCUT2D eigenvalue weighted by Gasteiger charge is -2.06. The molecule has 0 radical (unpaired) electrons. The molecule has 4 nitrogen and oxygen atoms in total. The maximum atomic E-state index is 8.65. The van der Waals surface area contributed by atoms with Crippen molar-refractivity contribution in [2.24, 2.45) is 0 Å². The molecule has 112 valence electrons. The van der Waals surface area contributed by atoms with Crippen molar-refractivity contribution in [3.8, 4) is 12.1 Å². The van der Waals surface area contributed by atoms with Gasteiger partial charge in [0.05, 0.1) is 0 Å². The zero-order valence-corrected chi connectivity index (χ0v) is 14.2. The Morgan fingerprint density at radius 1 is 0.739 bits per heavy atom. The van der Waals surface area contributed by atoms with Gasteiger partial charge in [0, 0.05) is 21.2 Å². The van der Waals surface area contributed by atoms with E-state index in [-0.39, 0.29) is 9.98 Å². The molecule has 2 aromatic rings. The van der Waals surface area contributed by atoms with E-state index in [9.17, 15) is 0 Å². The average molecular weight is 354 g/mol. The third-order valence-electron chi connectivity index (χ3n) is 2.66. The molecule has 0 saturated heterocycles. The molecule has 0 amide bonds. The summed E-state index contributed by atoms with van der Waals surface area (Å²) >= 11 is 11.2. The topological polar surface area (TPSA) is 71.6 Å². The number of anilines is 2. The van der Waals surface area contributed by atoms with Crippen LogP contribution in [0.3, 0.4) is 0 Å². The number of hydrogen-bond donors (Lipinski definition) is 2. The monoisotopic (exact) mass is 354 g/mol. The van der Waals surface area contributed by atoms with Crippen LogP contribution < -0.4 is 10.6 Å². The summed E-state index contributed by atoms with van der Waals surface area (Å²) in [6.07, 6.45) is 0. The minimum atomic E-state index is 0.142. The summed E-state index contributed by atoms with van der Waals surface area (Å²) in [5.74, 6) is 0. The van der Waals surface area contributed by atoms with Crippen LogP contribution in [0.25, 0.3) is 0 Å². The second-order valence-electron chi connectivity index (χ2n) is 4.28. The molecule has 0 aliphatic heterocycles. The second-order valence-corrected chi connectivity index (χ2v) is 6.25. The third-order valence-corrected chi connectivity index (χ3v) is 4.07. The Labute approximate surface area is 149 Å². The van der Waals surface area contributed by atoms with Crippen molar-refractivity contribution in [1.29, 1.82) is 10.5 Å². The maximum absolute atomic E-state index is 8.65. The Balaban J connectivity index is 1.99. The van der Waals surface area contributed by atoms with Gasteiger partial charge in [-0.2, -0.15) is 10.5 Å². The van der Waals surface area contributed by atoms with Gasteiger partial charge in [-0.05, 0) is 73.0 Å². The minimum Gasteiger partial charge on any atom is -0.338 e. The molecule has 2 aromatic carbocycles. The van der Waals surface area contributed by atoms with E-state index in [1.54, 1.807) is 11.8 Å².